The number of alkyl halides is 6. The van der Waals surface area contributed by atoms with Crippen molar-refractivity contribution >= 4 is 17.4 Å². The summed E-state index contributed by atoms with van der Waals surface area (Å²) in [4.78, 5) is 6.74. The molecular formula is C13H14ClF6N3O. The molecule has 1 aromatic heterocycles. The van der Waals surface area contributed by atoms with Crippen molar-refractivity contribution in [3.8, 4) is 0 Å². The number of rotatable bonds is 3. The van der Waals surface area contributed by atoms with Crippen molar-refractivity contribution in [2.75, 3.05) is 37.6 Å². The molecule has 4 nitrogen and oxygen atoms in total. The molecular weight excluding hydrogens is 364 g/mol. The topological polar surface area (TPSA) is 39.6 Å². The first kappa shape index (κ1) is 19.1. The van der Waals surface area contributed by atoms with E-state index in [0.29, 0.717) is 6.20 Å². The molecule has 0 saturated carbocycles. The lowest BCUT2D eigenvalue weighted by atomic mass is 10.2. The second-order valence-electron chi connectivity index (χ2n) is 5.37. The van der Waals surface area contributed by atoms with E-state index in [0.717, 1.165) is 6.07 Å². The number of hydrogen-bond acceptors (Lipinski definition) is 4. The summed E-state index contributed by atoms with van der Waals surface area (Å²) in [7, 11) is 0. The van der Waals surface area contributed by atoms with Crippen LogP contribution in [-0.2, 0) is 6.18 Å². The zero-order valence-corrected chi connectivity index (χ0v) is 13.0. The quantitative estimate of drug-likeness (QED) is 0.822. The molecule has 0 radical (unpaired) electrons. The first-order chi connectivity index (χ1) is 11.0. The van der Waals surface area contributed by atoms with E-state index in [1.54, 1.807) is 4.90 Å². The van der Waals surface area contributed by atoms with Gasteiger partial charge >= 0.3 is 12.4 Å². The van der Waals surface area contributed by atoms with Crippen LogP contribution in [0, 0.1) is 0 Å². The summed E-state index contributed by atoms with van der Waals surface area (Å²) in [6.45, 7) is 0.329. The van der Waals surface area contributed by atoms with Gasteiger partial charge in [0.15, 0.2) is 6.10 Å². The summed E-state index contributed by atoms with van der Waals surface area (Å²) < 4.78 is 74.7. The Bertz CT molecular complexity index is 572. The Balaban J connectivity index is 1.98. The molecule has 0 aromatic carbocycles. The summed E-state index contributed by atoms with van der Waals surface area (Å²) in [5, 5.41) is 8.88. The number of anilines is 1. The van der Waals surface area contributed by atoms with E-state index in [1.807, 2.05) is 0 Å². The van der Waals surface area contributed by atoms with Crippen LogP contribution >= 0.6 is 11.6 Å². The molecule has 1 unspecified atom stereocenters. The molecule has 136 valence electrons. The molecule has 0 bridgehead atoms. The van der Waals surface area contributed by atoms with Crippen molar-refractivity contribution in [2.45, 2.75) is 18.5 Å². The van der Waals surface area contributed by atoms with Crippen molar-refractivity contribution in [3.63, 3.8) is 0 Å². The van der Waals surface area contributed by atoms with Crippen LogP contribution in [0.5, 0.6) is 0 Å². The first-order valence-corrected chi connectivity index (χ1v) is 7.31. The summed E-state index contributed by atoms with van der Waals surface area (Å²) in [5.41, 5.74) is -0.969. The molecule has 1 aliphatic heterocycles. The third-order valence-corrected chi connectivity index (χ3v) is 3.91. The fourth-order valence-electron chi connectivity index (χ4n) is 2.31. The van der Waals surface area contributed by atoms with E-state index in [2.05, 4.69) is 4.98 Å². The molecule has 1 atom stereocenters. The second kappa shape index (κ2) is 6.93. The molecule has 1 N–H and O–H groups in total. The predicted octanol–water partition coefficient (Wildman–Crippen LogP) is 2.80. The first-order valence-electron chi connectivity index (χ1n) is 6.93. The average Bonchev–Trinajstić information content (AvgIpc) is 2.46. The van der Waals surface area contributed by atoms with Crippen molar-refractivity contribution in [2.24, 2.45) is 0 Å². The third kappa shape index (κ3) is 4.64. The van der Waals surface area contributed by atoms with Crippen LogP contribution in [-0.4, -0.2) is 60.0 Å². The fraction of sp³-hybridized carbons (Fsp3) is 0.615. The van der Waals surface area contributed by atoms with Crippen LogP contribution < -0.4 is 4.90 Å². The Hall–Kier alpha value is -1.26. The maximum absolute atomic E-state index is 12.6. The van der Waals surface area contributed by atoms with Crippen LogP contribution in [0.4, 0.5) is 32.2 Å². The van der Waals surface area contributed by atoms with Gasteiger partial charge in [-0.25, -0.2) is 4.98 Å². The summed E-state index contributed by atoms with van der Waals surface area (Å²) in [5.74, 6) is 0.153. The SMILES string of the molecule is OC(CN1CCN(c2ncc(C(F)(F)F)cc2Cl)CC1)C(F)(F)F. The standard InChI is InChI=1S/C13H14ClF6N3O/c14-9-5-8(12(15,16)17)6-21-11(9)23-3-1-22(2-4-23)7-10(24)13(18,19)20/h5-6,10,24H,1-4,7H2. The van der Waals surface area contributed by atoms with Crippen molar-refractivity contribution in [1.29, 1.82) is 0 Å². The van der Waals surface area contributed by atoms with Gasteiger partial charge in [0, 0.05) is 38.9 Å². The Morgan fingerprint density at radius 1 is 1.12 bits per heavy atom. The minimum Gasteiger partial charge on any atom is -0.382 e. The van der Waals surface area contributed by atoms with Crippen LogP contribution in [0.15, 0.2) is 12.3 Å². The molecule has 0 aliphatic carbocycles. The van der Waals surface area contributed by atoms with Gasteiger partial charge in [-0.1, -0.05) is 11.6 Å². The number of nitrogens with zero attached hydrogens (tertiary/aromatic N) is 3. The van der Waals surface area contributed by atoms with Gasteiger partial charge in [-0.05, 0) is 6.07 Å². The number of aromatic nitrogens is 1. The smallest absolute Gasteiger partial charge is 0.382 e. The van der Waals surface area contributed by atoms with Crippen LogP contribution in [0.1, 0.15) is 5.56 Å². The number of hydrogen-bond donors (Lipinski definition) is 1. The van der Waals surface area contributed by atoms with Crippen LogP contribution in [0.3, 0.4) is 0 Å². The van der Waals surface area contributed by atoms with Gasteiger partial charge in [0.2, 0.25) is 0 Å². The maximum atomic E-state index is 12.6. The lowest BCUT2D eigenvalue weighted by Gasteiger charge is -2.36. The highest BCUT2D eigenvalue weighted by Gasteiger charge is 2.39. The van der Waals surface area contributed by atoms with E-state index in [-0.39, 0.29) is 37.0 Å². The number of β-amino-alcohol motifs (C(OH)–C–C–N with tert-alkyl or cyclic N) is 1. The van der Waals surface area contributed by atoms with E-state index >= 15 is 0 Å². The van der Waals surface area contributed by atoms with E-state index in [9.17, 15) is 26.3 Å². The molecule has 24 heavy (non-hydrogen) atoms. The fourth-order valence-corrected chi connectivity index (χ4v) is 2.59. The van der Waals surface area contributed by atoms with Gasteiger partial charge in [0.25, 0.3) is 0 Å². The number of piperazine rings is 1. The molecule has 11 heteroatoms. The van der Waals surface area contributed by atoms with Crippen LogP contribution in [0.25, 0.3) is 0 Å². The molecule has 1 aliphatic rings. The molecule has 1 fully saturated rings. The maximum Gasteiger partial charge on any atom is 0.417 e. The summed E-state index contributed by atoms with van der Waals surface area (Å²) in [6, 6.07) is 0.768. The Labute approximate surface area is 138 Å². The van der Waals surface area contributed by atoms with Gasteiger partial charge in [-0.2, -0.15) is 26.3 Å². The van der Waals surface area contributed by atoms with E-state index < -0.39 is 30.6 Å². The number of halogens is 7. The van der Waals surface area contributed by atoms with E-state index in [1.165, 1.54) is 4.90 Å². The Morgan fingerprint density at radius 2 is 1.71 bits per heavy atom. The number of pyridine rings is 1. The summed E-state index contributed by atoms with van der Waals surface area (Å²) >= 11 is 5.84. The minimum atomic E-state index is -4.69. The predicted molar refractivity (Wildman–Crippen MR) is 75.0 cm³/mol. The van der Waals surface area contributed by atoms with E-state index in [4.69, 9.17) is 16.7 Å². The zero-order chi connectivity index (χ0) is 18.1. The Morgan fingerprint density at radius 3 is 2.17 bits per heavy atom. The van der Waals surface area contributed by atoms with Gasteiger partial charge in [0.1, 0.15) is 5.82 Å². The number of aliphatic hydroxyl groups excluding tert-OH is 1. The van der Waals surface area contributed by atoms with Crippen molar-refractivity contribution in [1.82, 2.24) is 9.88 Å². The molecule has 0 spiro atoms. The monoisotopic (exact) mass is 377 g/mol. The lowest BCUT2D eigenvalue weighted by molar-refractivity contribution is -0.208. The highest BCUT2D eigenvalue weighted by molar-refractivity contribution is 6.33. The Kier molecular flexibility index (Phi) is 5.50. The lowest BCUT2D eigenvalue weighted by Crippen LogP contribution is -2.51. The minimum absolute atomic E-state index is 0.153. The molecule has 2 heterocycles. The summed E-state index contributed by atoms with van der Waals surface area (Å²) in [6.07, 6.45) is -11.0. The van der Waals surface area contributed by atoms with Gasteiger partial charge in [-0.15, -0.1) is 0 Å². The van der Waals surface area contributed by atoms with Gasteiger partial charge < -0.3 is 10.0 Å². The highest BCUT2D eigenvalue weighted by Crippen LogP contribution is 2.33. The number of aliphatic hydroxyl groups is 1. The average molecular weight is 378 g/mol. The normalized spacial score (nSPS) is 18.8. The third-order valence-electron chi connectivity index (χ3n) is 3.63. The molecule has 1 saturated heterocycles. The highest BCUT2D eigenvalue weighted by atomic mass is 35.5. The van der Waals surface area contributed by atoms with Crippen LogP contribution in [0.2, 0.25) is 5.02 Å². The van der Waals surface area contributed by atoms with Gasteiger partial charge in [0.05, 0.1) is 10.6 Å². The van der Waals surface area contributed by atoms with Gasteiger partial charge in [-0.3, -0.25) is 4.90 Å². The van der Waals surface area contributed by atoms with Crippen molar-refractivity contribution < 1.29 is 31.4 Å². The second-order valence-corrected chi connectivity index (χ2v) is 5.78. The zero-order valence-electron chi connectivity index (χ0n) is 12.2. The largest absolute Gasteiger partial charge is 0.417 e. The molecule has 2 rings (SSSR count). The van der Waals surface area contributed by atoms with Crippen molar-refractivity contribution in [3.05, 3.63) is 22.8 Å². The molecule has 0 amide bonds. The molecule has 1 aromatic rings.